The Kier molecular flexibility index (Phi) is 3.39. The molecule has 0 saturated carbocycles. The quantitative estimate of drug-likeness (QED) is 0.778. The monoisotopic (exact) mass is 229 g/mol. The van der Waals surface area contributed by atoms with Crippen molar-refractivity contribution in [3.05, 3.63) is 17.5 Å². The van der Waals surface area contributed by atoms with Crippen molar-refractivity contribution < 1.29 is 4.79 Å². The summed E-state index contributed by atoms with van der Waals surface area (Å²) in [6.45, 7) is 7.43. The van der Waals surface area contributed by atoms with Crippen molar-refractivity contribution in [2.24, 2.45) is 0 Å². The molecule has 0 aliphatic rings. The van der Waals surface area contributed by atoms with Crippen LogP contribution < -0.4 is 5.32 Å². The number of nitrogens with one attached hydrogen (secondary N) is 2. The third-order valence-corrected chi connectivity index (χ3v) is 3.05. The van der Waals surface area contributed by atoms with Gasteiger partial charge in [0, 0.05) is 5.69 Å². The zero-order valence-corrected chi connectivity index (χ0v) is 10.1. The molecule has 1 atom stereocenters. The molecule has 0 spiro atoms. The number of H-pyrrole nitrogens is 1. The van der Waals surface area contributed by atoms with E-state index in [1.807, 2.05) is 20.8 Å². The molecule has 1 heterocycles. The summed E-state index contributed by atoms with van der Waals surface area (Å²) in [5.41, 5.74) is 0.869. The Balaban J connectivity index is 2.77. The summed E-state index contributed by atoms with van der Waals surface area (Å²) in [5.74, 6) is -0.154. The molecule has 0 aliphatic carbocycles. The predicted molar refractivity (Wildman–Crippen MR) is 60.2 cm³/mol. The van der Waals surface area contributed by atoms with Crippen molar-refractivity contribution in [1.29, 1.82) is 0 Å². The number of hydrogen-bond acceptors (Lipinski definition) is 2. The topological polar surface area (TPSA) is 57.8 Å². The largest absolute Gasteiger partial charge is 0.346 e. The number of hydrogen-bond donors (Lipinski definition) is 2. The molecule has 0 aromatic carbocycles. The van der Waals surface area contributed by atoms with Crippen LogP contribution in [0.15, 0.2) is 6.20 Å². The lowest BCUT2D eigenvalue weighted by Gasteiger charge is -2.28. The highest BCUT2D eigenvalue weighted by atomic mass is 35.5. The van der Waals surface area contributed by atoms with Gasteiger partial charge in [-0.15, -0.1) is 11.6 Å². The van der Waals surface area contributed by atoms with Crippen LogP contribution >= 0.6 is 11.6 Å². The third-order valence-electron chi connectivity index (χ3n) is 2.50. The van der Waals surface area contributed by atoms with Crippen LogP contribution in [0, 0.1) is 6.92 Å². The molecule has 0 fully saturated rings. The standard InChI is InChI=1S/C10H16ClN3O/c1-6-8(5-12-14-6)9(15)13-10(3,4)7(2)11/h5,7H,1-4H3,(H,12,14)(H,13,15). The molecule has 1 aromatic rings. The Morgan fingerprint density at radius 2 is 2.27 bits per heavy atom. The van der Waals surface area contributed by atoms with Gasteiger partial charge in [0.15, 0.2) is 0 Å². The summed E-state index contributed by atoms with van der Waals surface area (Å²) in [6.07, 6.45) is 1.51. The molecule has 0 bridgehead atoms. The van der Waals surface area contributed by atoms with Gasteiger partial charge in [-0.3, -0.25) is 9.89 Å². The Bertz CT molecular complexity index is 357. The van der Waals surface area contributed by atoms with E-state index in [4.69, 9.17) is 11.6 Å². The SMILES string of the molecule is Cc1[nH]ncc1C(=O)NC(C)(C)C(C)Cl. The number of amides is 1. The molecule has 0 aliphatic heterocycles. The Labute approximate surface area is 94.4 Å². The van der Waals surface area contributed by atoms with E-state index >= 15 is 0 Å². The van der Waals surface area contributed by atoms with E-state index in [-0.39, 0.29) is 11.3 Å². The lowest BCUT2D eigenvalue weighted by molar-refractivity contribution is 0.0912. The summed E-state index contributed by atoms with van der Waals surface area (Å²) in [7, 11) is 0. The zero-order chi connectivity index (χ0) is 11.6. The molecule has 15 heavy (non-hydrogen) atoms. The van der Waals surface area contributed by atoms with Crippen LogP contribution in [0.25, 0.3) is 0 Å². The zero-order valence-electron chi connectivity index (χ0n) is 9.39. The highest BCUT2D eigenvalue weighted by Gasteiger charge is 2.27. The fraction of sp³-hybridized carbons (Fsp3) is 0.600. The number of carbonyl (C=O) groups excluding carboxylic acids is 1. The lowest BCUT2D eigenvalue weighted by Crippen LogP contribution is -2.49. The van der Waals surface area contributed by atoms with Crippen molar-refractivity contribution in [3.63, 3.8) is 0 Å². The summed E-state index contributed by atoms with van der Waals surface area (Å²) >= 11 is 5.98. The van der Waals surface area contributed by atoms with Gasteiger partial charge in [0.05, 0.1) is 22.7 Å². The van der Waals surface area contributed by atoms with E-state index < -0.39 is 5.54 Å². The molecule has 1 rings (SSSR count). The minimum Gasteiger partial charge on any atom is -0.346 e. The average molecular weight is 230 g/mol. The van der Waals surface area contributed by atoms with Crippen LogP contribution in [-0.2, 0) is 0 Å². The summed E-state index contributed by atoms with van der Waals surface area (Å²) in [4.78, 5) is 11.8. The first-order valence-electron chi connectivity index (χ1n) is 4.81. The number of rotatable bonds is 3. The van der Waals surface area contributed by atoms with E-state index in [2.05, 4.69) is 15.5 Å². The van der Waals surface area contributed by atoms with E-state index in [0.717, 1.165) is 5.69 Å². The minimum absolute atomic E-state index is 0.145. The lowest BCUT2D eigenvalue weighted by atomic mass is 10.0. The predicted octanol–water partition coefficient (Wildman–Crippen LogP) is 1.85. The first-order valence-corrected chi connectivity index (χ1v) is 5.25. The van der Waals surface area contributed by atoms with Crippen LogP contribution in [0.1, 0.15) is 36.8 Å². The van der Waals surface area contributed by atoms with Gasteiger partial charge in [0.2, 0.25) is 0 Å². The number of aromatic amines is 1. The minimum atomic E-state index is -0.442. The maximum absolute atomic E-state index is 11.8. The van der Waals surface area contributed by atoms with Gasteiger partial charge in [-0.2, -0.15) is 5.10 Å². The number of aryl methyl sites for hydroxylation is 1. The normalized spacial score (nSPS) is 13.7. The van der Waals surface area contributed by atoms with E-state index in [0.29, 0.717) is 5.56 Å². The second-order valence-electron chi connectivity index (χ2n) is 4.20. The molecular weight excluding hydrogens is 214 g/mol. The molecule has 1 aromatic heterocycles. The Hall–Kier alpha value is -1.03. The van der Waals surface area contributed by atoms with Crippen LogP contribution in [0.3, 0.4) is 0 Å². The summed E-state index contributed by atoms with van der Waals surface area (Å²) in [5, 5.41) is 9.24. The molecule has 5 heteroatoms. The van der Waals surface area contributed by atoms with Crippen molar-refractivity contribution in [2.75, 3.05) is 0 Å². The van der Waals surface area contributed by atoms with Crippen LogP contribution in [0.4, 0.5) is 0 Å². The third kappa shape index (κ3) is 2.72. The molecule has 4 nitrogen and oxygen atoms in total. The average Bonchev–Trinajstić information content (AvgIpc) is 2.50. The van der Waals surface area contributed by atoms with Gasteiger partial charge in [-0.05, 0) is 27.7 Å². The molecule has 0 radical (unpaired) electrons. The molecular formula is C10H16ClN3O. The number of carbonyl (C=O) groups is 1. The van der Waals surface area contributed by atoms with Gasteiger partial charge in [0.1, 0.15) is 0 Å². The molecule has 0 saturated heterocycles. The van der Waals surface area contributed by atoms with E-state index in [1.165, 1.54) is 6.20 Å². The number of halogens is 1. The van der Waals surface area contributed by atoms with Crippen LogP contribution in [-0.4, -0.2) is 27.0 Å². The highest BCUT2D eigenvalue weighted by Crippen LogP contribution is 2.16. The van der Waals surface area contributed by atoms with Crippen LogP contribution in [0.5, 0.6) is 0 Å². The second-order valence-corrected chi connectivity index (χ2v) is 4.86. The molecule has 1 amide bonds. The number of nitrogens with zero attached hydrogens (tertiary/aromatic N) is 1. The van der Waals surface area contributed by atoms with Gasteiger partial charge < -0.3 is 5.32 Å². The van der Waals surface area contributed by atoms with Crippen molar-refractivity contribution in [1.82, 2.24) is 15.5 Å². The maximum atomic E-state index is 11.8. The highest BCUT2D eigenvalue weighted by molar-refractivity contribution is 6.21. The Morgan fingerprint density at radius 3 is 2.67 bits per heavy atom. The summed E-state index contributed by atoms with van der Waals surface area (Å²) < 4.78 is 0. The molecule has 1 unspecified atom stereocenters. The van der Waals surface area contributed by atoms with Crippen molar-refractivity contribution >= 4 is 17.5 Å². The van der Waals surface area contributed by atoms with E-state index in [9.17, 15) is 4.79 Å². The first kappa shape index (κ1) is 12.0. The number of alkyl halides is 1. The fourth-order valence-electron chi connectivity index (χ4n) is 1.04. The van der Waals surface area contributed by atoms with Gasteiger partial charge in [0.25, 0.3) is 5.91 Å². The maximum Gasteiger partial charge on any atom is 0.255 e. The first-order chi connectivity index (χ1) is 6.84. The van der Waals surface area contributed by atoms with Crippen molar-refractivity contribution in [2.45, 2.75) is 38.6 Å². The molecule has 84 valence electrons. The number of aromatic nitrogens is 2. The summed E-state index contributed by atoms with van der Waals surface area (Å²) in [6, 6.07) is 0. The van der Waals surface area contributed by atoms with Gasteiger partial charge in [-0.25, -0.2) is 0 Å². The van der Waals surface area contributed by atoms with Crippen molar-refractivity contribution in [3.8, 4) is 0 Å². The fourth-order valence-corrected chi connectivity index (χ4v) is 1.09. The van der Waals surface area contributed by atoms with Crippen LogP contribution in [0.2, 0.25) is 0 Å². The Morgan fingerprint density at radius 1 is 1.67 bits per heavy atom. The molecule has 2 N–H and O–H groups in total. The smallest absolute Gasteiger partial charge is 0.255 e. The second kappa shape index (κ2) is 4.23. The van der Waals surface area contributed by atoms with E-state index in [1.54, 1.807) is 6.92 Å². The van der Waals surface area contributed by atoms with Gasteiger partial charge >= 0.3 is 0 Å². The van der Waals surface area contributed by atoms with Gasteiger partial charge in [-0.1, -0.05) is 0 Å².